The van der Waals surface area contributed by atoms with E-state index in [1.165, 1.54) is 0 Å². The number of aliphatic carboxylic acids is 1. The predicted molar refractivity (Wildman–Crippen MR) is 134 cm³/mol. The maximum atomic E-state index is 13.4. The molecule has 1 amide bonds. The first-order chi connectivity index (χ1) is 17.1. The van der Waals surface area contributed by atoms with Gasteiger partial charge in [-0.2, -0.15) is 0 Å². The molecule has 0 radical (unpaired) electrons. The maximum Gasteiger partial charge on any atom is 0.313 e. The summed E-state index contributed by atoms with van der Waals surface area (Å²) in [6.45, 7) is 4.34. The number of carbonyl (C=O) groups excluding carboxylic acids is 2. The van der Waals surface area contributed by atoms with E-state index < -0.39 is 29.6 Å². The zero-order chi connectivity index (χ0) is 26.5. The van der Waals surface area contributed by atoms with Crippen molar-refractivity contribution in [2.75, 3.05) is 17.7 Å². The molecule has 0 spiro atoms. The average molecular weight is 517 g/mol. The van der Waals surface area contributed by atoms with Gasteiger partial charge in [-0.25, -0.2) is 8.78 Å². The van der Waals surface area contributed by atoms with Gasteiger partial charge in [0.15, 0.2) is 0 Å². The normalized spacial score (nSPS) is 18.1. The first kappa shape index (κ1) is 26.8. The summed E-state index contributed by atoms with van der Waals surface area (Å²) < 4.78 is 31.5. The van der Waals surface area contributed by atoms with E-state index in [0.717, 1.165) is 27.3 Å². The third-order valence-corrected chi connectivity index (χ3v) is 6.80. The minimum Gasteiger partial charge on any atom is -0.481 e. The van der Waals surface area contributed by atoms with Gasteiger partial charge in [-0.3, -0.25) is 14.4 Å². The van der Waals surface area contributed by atoms with E-state index >= 15 is 0 Å². The lowest BCUT2D eigenvalue weighted by molar-refractivity contribution is -0.141. The average Bonchev–Trinajstić information content (AvgIpc) is 3.17. The summed E-state index contributed by atoms with van der Waals surface area (Å²) in [6, 6.07) is 16.5. The number of aryl methyl sites for hydroxylation is 1. The number of anilines is 2. The molecule has 3 N–H and O–H groups in total. The van der Waals surface area contributed by atoms with Crippen LogP contribution >= 0.6 is 11.3 Å². The molecule has 3 aromatic rings. The minimum atomic E-state index is -3.49. The van der Waals surface area contributed by atoms with Crippen LogP contribution in [0.25, 0.3) is 10.4 Å². The van der Waals surface area contributed by atoms with Crippen LogP contribution in [-0.2, 0) is 19.1 Å². The lowest BCUT2D eigenvalue weighted by Gasteiger charge is -2.11. The molecule has 1 aromatic heterocycles. The van der Waals surface area contributed by atoms with E-state index in [4.69, 9.17) is 9.84 Å². The highest BCUT2D eigenvalue weighted by atomic mass is 32.1. The second-order valence-corrected chi connectivity index (χ2v) is 9.10. The van der Waals surface area contributed by atoms with E-state index in [0.29, 0.717) is 12.2 Å². The van der Waals surface area contributed by atoms with Crippen LogP contribution in [0.2, 0.25) is 0 Å². The van der Waals surface area contributed by atoms with Crippen molar-refractivity contribution < 1.29 is 33.0 Å². The Hall–Kier alpha value is -3.79. The van der Waals surface area contributed by atoms with Crippen LogP contribution in [-0.4, -0.2) is 36.4 Å². The van der Waals surface area contributed by atoms with Gasteiger partial charge in [-0.1, -0.05) is 36.4 Å². The number of ether oxygens (including phenoxy) is 1. The molecule has 1 aliphatic rings. The zero-order valence-electron chi connectivity index (χ0n) is 19.8. The summed E-state index contributed by atoms with van der Waals surface area (Å²) in [5, 5.41) is 16.1. The second kappa shape index (κ2) is 11.3. The van der Waals surface area contributed by atoms with Crippen molar-refractivity contribution in [3.05, 3.63) is 71.1 Å². The largest absolute Gasteiger partial charge is 0.481 e. The summed E-state index contributed by atoms with van der Waals surface area (Å²) in [5.74, 6) is -9.89. The van der Waals surface area contributed by atoms with Crippen molar-refractivity contribution in [1.82, 2.24) is 0 Å². The third kappa shape index (κ3) is 5.88. The molecule has 3 unspecified atom stereocenters. The van der Waals surface area contributed by atoms with Gasteiger partial charge in [0, 0.05) is 12.7 Å². The van der Waals surface area contributed by atoms with Crippen LogP contribution in [0.1, 0.15) is 24.2 Å². The van der Waals surface area contributed by atoms with Crippen molar-refractivity contribution in [2.45, 2.75) is 25.9 Å². The summed E-state index contributed by atoms with van der Waals surface area (Å²) in [4.78, 5) is 33.7. The van der Waals surface area contributed by atoms with Crippen LogP contribution in [0, 0.1) is 18.8 Å². The van der Waals surface area contributed by atoms with Crippen molar-refractivity contribution in [1.29, 1.82) is 0 Å². The maximum absolute atomic E-state index is 13.4. The Balaban J connectivity index is 0.000000253. The van der Waals surface area contributed by atoms with Gasteiger partial charge >= 0.3 is 5.97 Å². The molecule has 0 bridgehead atoms. The minimum absolute atomic E-state index is 0.149. The molecule has 7 nitrogen and oxygen atoms in total. The number of carboxylic acid groups (broad SMARTS) is 1. The Kier molecular flexibility index (Phi) is 8.41. The van der Waals surface area contributed by atoms with E-state index in [1.807, 2.05) is 56.6 Å². The van der Waals surface area contributed by atoms with E-state index in [9.17, 15) is 23.2 Å². The molecule has 190 valence electrons. The number of carboxylic acids is 1. The fourth-order valence-electron chi connectivity index (χ4n) is 3.81. The number of halogens is 2. The van der Waals surface area contributed by atoms with E-state index in [2.05, 4.69) is 10.6 Å². The molecule has 10 heteroatoms. The lowest BCUT2D eigenvalue weighted by Crippen LogP contribution is -2.18. The van der Waals surface area contributed by atoms with Gasteiger partial charge < -0.3 is 20.5 Å². The molecule has 1 heterocycles. The molecule has 4 rings (SSSR count). The van der Waals surface area contributed by atoms with E-state index in [-0.39, 0.29) is 6.10 Å². The predicted octanol–water partition coefficient (Wildman–Crippen LogP) is 5.59. The van der Waals surface area contributed by atoms with Crippen LogP contribution < -0.4 is 10.6 Å². The number of amides is 1. The number of carbonyl (C=O) groups is 3. The lowest BCUT2D eigenvalue weighted by atomic mass is 10.1. The fraction of sp³-hybridized carbons (Fsp3) is 0.269. The molecule has 3 atom stereocenters. The number of hydrogen-bond donors (Lipinski definition) is 3. The van der Waals surface area contributed by atoms with Gasteiger partial charge in [0.2, 0.25) is 5.91 Å². The Morgan fingerprint density at radius 1 is 1.11 bits per heavy atom. The Morgan fingerprint density at radius 2 is 1.78 bits per heavy atom. The number of benzene rings is 2. The molecular weight excluding hydrogens is 490 g/mol. The van der Waals surface area contributed by atoms with E-state index in [1.54, 1.807) is 35.6 Å². The Labute approximate surface area is 211 Å². The SMILES string of the molecule is CNc1ccsc1-c1ccc(NC(=O)C2C(C(=O)O)C2(F)F)cc1.Cc1ccccc1C(C)OC=O. The number of thiophene rings is 1. The van der Waals surface area contributed by atoms with Crippen LogP contribution in [0.15, 0.2) is 60.0 Å². The van der Waals surface area contributed by atoms with Gasteiger partial charge in [0.1, 0.15) is 17.9 Å². The molecule has 1 saturated carbocycles. The molecule has 36 heavy (non-hydrogen) atoms. The fourth-order valence-corrected chi connectivity index (χ4v) is 4.72. The summed E-state index contributed by atoms with van der Waals surface area (Å²) in [7, 11) is 1.81. The first-order valence-electron chi connectivity index (χ1n) is 11.0. The molecule has 0 saturated heterocycles. The Morgan fingerprint density at radius 3 is 2.33 bits per heavy atom. The van der Waals surface area contributed by atoms with Crippen LogP contribution in [0.4, 0.5) is 20.2 Å². The quantitative estimate of drug-likeness (QED) is 0.337. The highest BCUT2D eigenvalue weighted by Crippen LogP contribution is 2.55. The molecule has 0 aliphatic heterocycles. The van der Waals surface area contributed by atoms with Gasteiger partial charge in [0.25, 0.3) is 12.4 Å². The van der Waals surface area contributed by atoms with Crippen molar-refractivity contribution in [3.63, 3.8) is 0 Å². The van der Waals surface area contributed by atoms with Crippen LogP contribution in [0.3, 0.4) is 0 Å². The first-order valence-corrected chi connectivity index (χ1v) is 11.9. The summed E-state index contributed by atoms with van der Waals surface area (Å²) in [6.07, 6.45) is -0.149. The third-order valence-electron chi connectivity index (χ3n) is 5.84. The Bertz CT molecular complexity index is 1230. The highest BCUT2D eigenvalue weighted by Gasteiger charge is 2.75. The smallest absolute Gasteiger partial charge is 0.313 e. The van der Waals surface area contributed by atoms with Crippen molar-refractivity contribution in [2.24, 2.45) is 11.8 Å². The van der Waals surface area contributed by atoms with Gasteiger partial charge in [0.05, 0.1) is 10.6 Å². The number of hydrogen-bond acceptors (Lipinski definition) is 6. The molecule has 2 aromatic carbocycles. The molecular formula is C26H26F2N2O5S. The highest BCUT2D eigenvalue weighted by molar-refractivity contribution is 7.14. The molecule has 1 aliphatic carbocycles. The number of alkyl halides is 2. The number of rotatable bonds is 8. The standard InChI is InChI=1S/C16H14F2N2O3S.C10H12O2/c1-19-10-6-7-24-13(10)8-2-4-9(5-3-8)20-14(21)11-12(15(22)23)16(11,17)18;1-8-5-3-4-6-10(8)9(2)12-7-11/h2-7,11-12,19H,1H3,(H,20,21)(H,22,23);3-7,9H,1-2H3. The number of nitrogens with one attached hydrogen (secondary N) is 2. The summed E-state index contributed by atoms with van der Waals surface area (Å²) >= 11 is 1.55. The van der Waals surface area contributed by atoms with Gasteiger partial charge in [-0.05, 0) is 54.1 Å². The van der Waals surface area contributed by atoms with Gasteiger partial charge in [-0.15, -0.1) is 11.3 Å². The summed E-state index contributed by atoms with van der Waals surface area (Å²) in [5.41, 5.74) is 4.45. The molecule has 1 fully saturated rings. The monoisotopic (exact) mass is 516 g/mol. The second-order valence-electron chi connectivity index (χ2n) is 8.18. The zero-order valence-corrected chi connectivity index (χ0v) is 20.6. The van der Waals surface area contributed by atoms with Crippen molar-refractivity contribution in [3.8, 4) is 10.4 Å². The van der Waals surface area contributed by atoms with Crippen LogP contribution in [0.5, 0.6) is 0 Å². The van der Waals surface area contributed by atoms with Crippen molar-refractivity contribution >= 4 is 41.1 Å². The topological polar surface area (TPSA) is 105 Å².